The summed E-state index contributed by atoms with van der Waals surface area (Å²) in [5.74, 6) is 2.07. The van der Waals surface area contributed by atoms with Crippen molar-refractivity contribution in [3.05, 3.63) is 112 Å². The predicted molar refractivity (Wildman–Crippen MR) is 146 cm³/mol. The first kappa shape index (κ1) is 24.8. The maximum absolute atomic E-state index is 12.6. The number of ether oxygens (including phenoxy) is 2. The Bertz CT molecular complexity index is 1370. The van der Waals surface area contributed by atoms with E-state index in [0.29, 0.717) is 19.6 Å². The maximum atomic E-state index is 12.6. The fourth-order valence-electron chi connectivity index (χ4n) is 5.38. The lowest BCUT2D eigenvalue weighted by Crippen LogP contribution is -2.15. The van der Waals surface area contributed by atoms with Gasteiger partial charge in [-0.25, -0.2) is 4.98 Å². The molecule has 1 heterocycles. The molecule has 3 aromatic carbocycles. The third-order valence-corrected chi connectivity index (χ3v) is 7.28. The molecule has 5 nitrogen and oxygen atoms in total. The van der Waals surface area contributed by atoms with Gasteiger partial charge in [0.1, 0.15) is 11.5 Å². The molecule has 1 aromatic heterocycles. The topological polar surface area (TPSA) is 53.4 Å². The van der Waals surface area contributed by atoms with Crippen LogP contribution in [-0.2, 0) is 32.2 Å². The number of fused-ring (bicyclic) bond motifs is 1. The quantitative estimate of drug-likeness (QED) is 0.264. The fraction of sp³-hybridized carbons (Fsp3) is 0.312. The highest BCUT2D eigenvalue weighted by atomic mass is 16.5. The van der Waals surface area contributed by atoms with E-state index in [2.05, 4.69) is 58.9 Å². The van der Waals surface area contributed by atoms with Gasteiger partial charge in [0, 0.05) is 35.9 Å². The van der Waals surface area contributed by atoms with E-state index in [1.807, 2.05) is 30.7 Å². The van der Waals surface area contributed by atoms with Gasteiger partial charge in [-0.05, 0) is 67.0 Å². The average Bonchev–Trinajstić information content (AvgIpc) is 3.35. The number of ketones is 1. The van der Waals surface area contributed by atoms with E-state index in [1.165, 1.54) is 16.7 Å². The number of Topliss-reactive ketones (excluding diaryl/α,β-unsaturated/α-hetero) is 1. The predicted octanol–water partition coefficient (Wildman–Crippen LogP) is 6.17. The standard InChI is InChI=1S/C32H34N2O3/c1-23-8-6-11-25(32(23)36-2)21-34-22-33-20-26(34)18-19-37-31-17-16-28-27(12-7-13-30(28)35)29(31)15-14-24-9-4-3-5-10-24/h3-6,8-11,16-17,20,22H,7,12-15,18-19,21H2,1-2H3. The van der Waals surface area contributed by atoms with Crippen LogP contribution >= 0.6 is 0 Å². The second-order valence-electron chi connectivity index (χ2n) is 9.71. The molecule has 1 aliphatic rings. The summed E-state index contributed by atoms with van der Waals surface area (Å²) in [6, 6.07) is 20.7. The van der Waals surface area contributed by atoms with Gasteiger partial charge in [-0.3, -0.25) is 4.79 Å². The van der Waals surface area contributed by atoms with Gasteiger partial charge in [-0.1, -0.05) is 48.5 Å². The maximum Gasteiger partial charge on any atom is 0.163 e. The summed E-state index contributed by atoms with van der Waals surface area (Å²) in [5, 5.41) is 0. The largest absolute Gasteiger partial charge is 0.496 e. The first-order valence-corrected chi connectivity index (χ1v) is 13.1. The van der Waals surface area contributed by atoms with Crippen LogP contribution in [0.1, 0.15) is 56.7 Å². The van der Waals surface area contributed by atoms with E-state index in [0.717, 1.165) is 66.0 Å². The first-order valence-electron chi connectivity index (χ1n) is 13.1. The molecule has 0 atom stereocenters. The van der Waals surface area contributed by atoms with E-state index in [4.69, 9.17) is 9.47 Å². The monoisotopic (exact) mass is 494 g/mol. The van der Waals surface area contributed by atoms with Crippen LogP contribution in [0, 0.1) is 6.92 Å². The number of benzene rings is 3. The molecule has 190 valence electrons. The smallest absolute Gasteiger partial charge is 0.163 e. The number of aryl methyl sites for hydroxylation is 2. The van der Waals surface area contributed by atoms with Crippen LogP contribution in [0.25, 0.3) is 0 Å². The minimum atomic E-state index is 0.254. The Morgan fingerprint density at radius 2 is 1.81 bits per heavy atom. The molecular weight excluding hydrogens is 460 g/mol. The van der Waals surface area contributed by atoms with Crippen molar-refractivity contribution >= 4 is 5.78 Å². The summed E-state index contributed by atoms with van der Waals surface area (Å²) in [6.07, 6.45) is 8.79. The lowest BCUT2D eigenvalue weighted by atomic mass is 9.85. The van der Waals surface area contributed by atoms with Gasteiger partial charge in [0.2, 0.25) is 0 Å². The zero-order valence-electron chi connectivity index (χ0n) is 21.7. The van der Waals surface area contributed by atoms with Crippen molar-refractivity contribution in [3.8, 4) is 11.5 Å². The van der Waals surface area contributed by atoms with Crippen molar-refractivity contribution in [1.82, 2.24) is 9.55 Å². The molecule has 0 unspecified atom stereocenters. The van der Waals surface area contributed by atoms with Crippen molar-refractivity contribution in [3.63, 3.8) is 0 Å². The summed E-state index contributed by atoms with van der Waals surface area (Å²) < 4.78 is 14.2. The van der Waals surface area contributed by atoms with Crippen LogP contribution in [0.3, 0.4) is 0 Å². The van der Waals surface area contributed by atoms with Crippen LogP contribution < -0.4 is 9.47 Å². The number of nitrogens with zero attached hydrogens (tertiary/aromatic N) is 2. The van der Waals surface area contributed by atoms with E-state index >= 15 is 0 Å². The lowest BCUT2D eigenvalue weighted by molar-refractivity contribution is 0.0972. The van der Waals surface area contributed by atoms with Crippen LogP contribution in [0.4, 0.5) is 0 Å². The molecule has 0 radical (unpaired) electrons. The third-order valence-electron chi connectivity index (χ3n) is 7.28. The Morgan fingerprint density at radius 3 is 2.65 bits per heavy atom. The Hall–Kier alpha value is -3.86. The Labute approximate surface area is 219 Å². The first-order chi connectivity index (χ1) is 18.1. The van der Waals surface area contributed by atoms with Gasteiger partial charge in [0.15, 0.2) is 5.78 Å². The molecule has 0 fully saturated rings. The van der Waals surface area contributed by atoms with E-state index in [9.17, 15) is 4.79 Å². The lowest BCUT2D eigenvalue weighted by Gasteiger charge is -2.22. The van der Waals surface area contributed by atoms with Crippen molar-refractivity contribution in [2.45, 2.75) is 52.0 Å². The number of hydrogen-bond donors (Lipinski definition) is 0. The van der Waals surface area contributed by atoms with Crippen molar-refractivity contribution in [2.24, 2.45) is 0 Å². The second-order valence-corrected chi connectivity index (χ2v) is 9.71. The zero-order chi connectivity index (χ0) is 25.6. The number of imidazole rings is 1. The van der Waals surface area contributed by atoms with Crippen LogP contribution in [0.15, 0.2) is 73.2 Å². The van der Waals surface area contributed by atoms with Crippen LogP contribution in [-0.4, -0.2) is 29.1 Å². The van der Waals surface area contributed by atoms with E-state index in [1.54, 1.807) is 7.11 Å². The summed E-state index contributed by atoms with van der Waals surface area (Å²) >= 11 is 0. The molecule has 37 heavy (non-hydrogen) atoms. The second kappa shape index (κ2) is 11.5. The zero-order valence-corrected chi connectivity index (χ0v) is 21.7. The number of carbonyl (C=O) groups excluding carboxylic acids is 1. The van der Waals surface area contributed by atoms with Gasteiger partial charge in [0.25, 0.3) is 0 Å². The van der Waals surface area contributed by atoms with Gasteiger partial charge >= 0.3 is 0 Å². The molecule has 4 aromatic rings. The Kier molecular flexibility index (Phi) is 7.69. The minimum absolute atomic E-state index is 0.254. The van der Waals surface area contributed by atoms with Gasteiger partial charge in [-0.15, -0.1) is 0 Å². The fourth-order valence-corrected chi connectivity index (χ4v) is 5.38. The molecule has 0 saturated carbocycles. The molecule has 0 amide bonds. The number of carbonyl (C=O) groups is 1. The van der Waals surface area contributed by atoms with E-state index < -0.39 is 0 Å². The number of aromatic nitrogens is 2. The Balaban J connectivity index is 1.31. The summed E-state index contributed by atoms with van der Waals surface area (Å²) in [7, 11) is 1.72. The highest BCUT2D eigenvalue weighted by molar-refractivity contribution is 5.99. The van der Waals surface area contributed by atoms with Gasteiger partial charge in [-0.2, -0.15) is 0 Å². The SMILES string of the molecule is COc1c(C)cccc1Cn1cncc1CCOc1ccc2c(c1CCc1ccccc1)CCCC2=O. The van der Waals surface area contributed by atoms with Gasteiger partial charge in [0.05, 0.1) is 26.6 Å². The highest BCUT2D eigenvalue weighted by Gasteiger charge is 2.22. The summed E-state index contributed by atoms with van der Waals surface area (Å²) in [5.41, 5.74) is 7.91. The average molecular weight is 495 g/mol. The highest BCUT2D eigenvalue weighted by Crippen LogP contribution is 2.32. The molecule has 0 saturated heterocycles. The Morgan fingerprint density at radius 1 is 0.946 bits per heavy atom. The van der Waals surface area contributed by atoms with Crippen molar-refractivity contribution < 1.29 is 14.3 Å². The van der Waals surface area contributed by atoms with E-state index in [-0.39, 0.29) is 5.78 Å². The summed E-state index contributed by atoms with van der Waals surface area (Å²) in [6.45, 7) is 3.30. The molecule has 0 N–H and O–H groups in total. The minimum Gasteiger partial charge on any atom is -0.496 e. The number of methoxy groups -OCH3 is 1. The molecule has 5 rings (SSSR count). The number of para-hydroxylation sites is 1. The van der Waals surface area contributed by atoms with Crippen LogP contribution in [0.5, 0.6) is 11.5 Å². The molecule has 0 aliphatic heterocycles. The third kappa shape index (κ3) is 5.61. The molecule has 5 heteroatoms. The van der Waals surface area contributed by atoms with Crippen molar-refractivity contribution in [2.75, 3.05) is 13.7 Å². The summed E-state index contributed by atoms with van der Waals surface area (Å²) in [4.78, 5) is 17.0. The number of rotatable bonds is 10. The molecular formula is C32H34N2O3. The van der Waals surface area contributed by atoms with Crippen molar-refractivity contribution in [1.29, 1.82) is 0 Å². The molecule has 0 spiro atoms. The number of hydrogen-bond acceptors (Lipinski definition) is 4. The normalized spacial score (nSPS) is 12.9. The van der Waals surface area contributed by atoms with Crippen LogP contribution in [0.2, 0.25) is 0 Å². The van der Waals surface area contributed by atoms with Gasteiger partial charge < -0.3 is 14.0 Å². The molecule has 0 bridgehead atoms. The molecule has 1 aliphatic carbocycles.